The maximum Gasteiger partial charge on any atom is 0.253 e. The van der Waals surface area contributed by atoms with Crippen LogP contribution in [0.25, 0.3) is 69.9 Å². The van der Waals surface area contributed by atoms with Gasteiger partial charge in [0.05, 0.1) is 22.4 Å². The van der Waals surface area contributed by atoms with Gasteiger partial charge in [0.1, 0.15) is 0 Å². The van der Waals surface area contributed by atoms with Crippen LogP contribution in [0.1, 0.15) is 26.3 Å². The lowest BCUT2D eigenvalue weighted by atomic mass is 9.33. The van der Waals surface area contributed by atoms with Crippen LogP contribution in [0.5, 0.6) is 0 Å². The van der Waals surface area contributed by atoms with Gasteiger partial charge in [0.15, 0.2) is 0 Å². The molecule has 0 amide bonds. The molecular weight excluding hydrogens is 854 g/mol. The van der Waals surface area contributed by atoms with Crippen molar-refractivity contribution in [3.63, 3.8) is 0 Å². The van der Waals surface area contributed by atoms with Crippen LogP contribution in [0.15, 0.2) is 224 Å². The van der Waals surface area contributed by atoms with Gasteiger partial charge >= 0.3 is 0 Å². The number of hydrogen-bond donors (Lipinski definition) is 0. The van der Waals surface area contributed by atoms with Gasteiger partial charge in [-0.15, -0.1) is 11.3 Å². The number of fused-ring (bicyclic) bond motifs is 11. The zero-order valence-corrected chi connectivity index (χ0v) is 39.5. The number of thiophene rings is 1. The van der Waals surface area contributed by atoms with Crippen LogP contribution >= 0.6 is 11.3 Å². The monoisotopic (exact) mass is 899 g/mol. The average molecular weight is 900 g/mol. The minimum atomic E-state index is -0.171. The first-order chi connectivity index (χ1) is 33.9. The van der Waals surface area contributed by atoms with Crippen molar-refractivity contribution in [2.45, 2.75) is 26.2 Å². The summed E-state index contributed by atoms with van der Waals surface area (Å²) in [6.07, 6.45) is 0. The van der Waals surface area contributed by atoms with Gasteiger partial charge in [0.25, 0.3) is 6.71 Å². The molecular formula is C64H46BN3S. The van der Waals surface area contributed by atoms with Crippen molar-refractivity contribution in [1.82, 2.24) is 4.57 Å². The van der Waals surface area contributed by atoms with Gasteiger partial charge in [-0.25, -0.2) is 0 Å². The van der Waals surface area contributed by atoms with E-state index in [1.807, 2.05) is 11.3 Å². The number of para-hydroxylation sites is 4. The third-order valence-corrected chi connectivity index (χ3v) is 15.9. The molecule has 0 spiro atoms. The Labute approximate surface area is 406 Å². The van der Waals surface area contributed by atoms with Gasteiger partial charge in [-0.1, -0.05) is 178 Å². The molecule has 0 fully saturated rings. The summed E-state index contributed by atoms with van der Waals surface area (Å²) in [7, 11) is 0. The summed E-state index contributed by atoms with van der Waals surface area (Å²) >= 11 is 1.90. The Balaban J connectivity index is 1.15. The normalized spacial score (nSPS) is 13.1. The van der Waals surface area contributed by atoms with E-state index in [-0.39, 0.29) is 12.1 Å². The van der Waals surface area contributed by atoms with E-state index >= 15 is 0 Å². The molecule has 0 N–H and O–H groups in total. The zero-order valence-electron chi connectivity index (χ0n) is 38.7. The maximum atomic E-state index is 2.62. The number of hydrogen-bond acceptors (Lipinski definition) is 3. The second kappa shape index (κ2) is 15.2. The first-order valence-corrected chi connectivity index (χ1v) is 24.9. The van der Waals surface area contributed by atoms with Gasteiger partial charge in [-0.2, -0.15) is 0 Å². The Morgan fingerprint density at radius 1 is 0.391 bits per heavy atom. The maximum absolute atomic E-state index is 2.62. The lowest BCUT2D eigenvalue weighted by molar-refractivity contribution is 0.590. The minimum absolute atomic E-state index is 0.0804. The summed E-state index contributed by atoms with van der Waals surface area (Å²) < 4.78 is 5.09. The first kappa shape index (κ1) is 40.0. The Kier molecular flexibility index (Phi) is 8.81. The molecule has 4 heterocycles. The van der Waals surface area contributed by atoms with Gasteiger partial charge in [-0.3, -0.25) is 0 Å². The first-order valence-electron chi connectivity index (χ1n) is 24.0. The third-order valence-electron chi connectivity index (χ3n) is 14.7. The molecule has 2 aliphatic heterocycles. The highest BCUT2D eigenvalue weighted by Crippen LogP contribution is 2.51. The Morgan fingerprint density at radius 2 is 0.913 bits per heavy atom. The number of benzene rings is 10. The largest absolute Gasteiger partial charge is 0.311 e. The van der Waals surface area contributed by atoms with Crippen LogP contribution in [0.2, 0.25) is 0 Å². The molecule has 0 radical (unpaired) electrons. The molecule has 2 aliphatic rings. The number of nitrogens with zero attached hydrogens (tertiary/aromatic N) is 3. The quantitative estimate of drug-likeness (QED) is 0.160. The third kappa shape index (κ3) is 6.00. The van der Waals surface area contributed by atoms with Crippen molar-refractivity contribution in [2.24, 2.45) is 0 Å². The number of rotatable bonds is 5. The van der Waals surface area contributed by atoms with Crippen molar-refractivity contribution in [2.75, 3.05) is 9.80 Å². The van der Waals surface area contributed by atoms with Gasteiger partial charge in [-0.05, 0) is 116 Å². The predicted molar refractivity (Wildman–Crippen MR) is 297 cm³/mol. The predicted octanol–water partition coefficient (Wildman–Crippen LogP) is 15.9. The topological polar surface area (TPSA) is 11.4 Å². The molecule has 69 heavy (non-hydrogen) atoms. The molecule has 10 aromatic carbocycles. The van der Waals surface area contributed by atoms with Crippen LogP contribution in [-0.4, -0.2) is 11.3 Å². The molecule has 3 nitrogen and oxygen atoms in total. The molecule has 5 heteroatoms. The van der Waals surface area contributed by atoms with Gasteiger partial charge < -0.3 is 14.4 Å². The van der Waals surface area contributed by atoms with Crippen LogP contribution in [0.3, 0.4) is 0 Å². The minimum Gasteiger partial charge on any atom is -0.311 e. The fourth-order valence-corrected chi connectivity index (χ4v) is 12.8. The molecule has 0 aliphatic carbocycles. The van der Waals surface area contributed by atoms with E-state index in [1.165, 1.54) is 115 Å². The average Bonchev–Trinajstić information content (AvgIpc) is 3.95. The van der Waals surface area contributed by atoms with Gasteiger partial charge in [0, 0.05) is 59.7 Å². The summed E-state index contributed by atoms with van der Waals surface area (Å²) in [4.78, 5) is 5.24. The van der Waals surface area contributed by atoms with E-state index in [1.54, 1.807) is 0 Å². The summed E-state index contributed by atoms with van der Waals surface area (Å²) in [6, 6.07) is 83.8. The highest BCUT2D eigenvalue weighted by atomic mass is 32.1. The SMILES string of the molecule is CC(C)(C)c1cc2c3c(c1)N(c1ccccc1-c1ccccc1)c1ccc4sc5ccccc5c4c1B3c1ccc(-n3c4ccccc4c4ccccc43)cc1N2c1ccccc1-c1ccccc1. The van der Waals surface area contributed by atoms with E-state index in [0.717, 1.165) is 11.4 Å². The Morgan fingerprint density at radius 3 is 1.52 bits per heavy atom. The van der Waals surface area contributed by atoms with Crippen molar-refractivity contribution in [1.29, 1.82) is 0 Å². The summed E-state index contributed by atoms with van der Waals surface area (Å²) in [6.45, 7) is 7.00. The molecule has 0 saturated heterocycles. The zero-order chi connectivity index (χ0) is 46.0. The van der Waals surface area contributed by atoms with E-state index in [9.17, 15) is 0 Å². The molecule has 0 saturated carbocycles. The molecule has 14 rings (SSSR count). The summed E-state index contributed by atoms with van der Waals surface area (Å²) in [5.74, 6) is 0. The van der Waals surface area contributed by atoms with E-state index in [0.29, 0.717) is 0 Å². The van der Waals surface area contributed by atoms with Crippen LogP contribution in [0.4, 0.5) is 34.1 Å². The van der Waals surface area contributed by atoms with Crippen LogP contribution in [0, 0.1) is 0 Å². The van der Waals surface area contributed by atoms with E-state index < -0.39 is 0 Å². The fourth-order valence-electron chi connectivity index (χ4n) is 11.6. The lowest BCUT2D eigenvalue weighted by Gasteiger charge is -2.46. The van der Waals surface area contributed by atoms with Crippen LogP contribution in [-0.2, 0) is 5.41 Å². The standard InChI is InChI=1S/C64H46BN3S/c1-64(2,3)43-38-57-62-58(39-43)68(52-30-16-11-25-46(52)42-22-8-5-9-23-42)56-40-44(66-53-31-17-12-26-47(53)48-27-13-18-32-54(48)66)34-35-50(56)65(62)63-55(36-37-60-61(63)49-28-14-19-33-59(49)69-60)67(57)51-29-15-10-24-45(51)41-20-6-4-7-21-41/h4-40H,1-3H3. The Bertz CT molecular complexity index is 3980. The van der Waals surface area contributed by atoms with Crippen molar-refractivity contribution < 1.29 is 0 Å². The molecule has 2 aromatic heterocycles. The van der Waals surface area contributed by atoms with Gasteiger partial charge in [0.2, 0.25) is 0 Å². The number of anilines is 6. The number of aromatic nitrogens is 1. The van der Waals surface area contributed by atoms with E-state index in [2.05, 4.69) is 260 Å². The highest BCUT2D eigenvalue weighted by molar-refractivity contribution is 7.26. The van der Waals surface area contributed by atoms with Crippen LogP contribution < -0.4 is 26.2 Å². The highest BCUT2D eigenvalue weighted by Gasteiger charge is 2.46. The fraction of sp³-hybridized carbons (Fsp3) is 0.0625. The molecule has 0 bridgehead atoms. The van der Waals surface area contributed by atoms with Crippen molar-refractivity contribution in [3.05, 3.63) is 230 Å². The Hall–Kier alpha value is -8.12. The molecule has 0 unspecified atom stereocenters. The lowest BCUT2D eigenvalue weighted by Crippen LogP contribution is -2.61. The second-order valence-electron chi connectivity index (χ2n) is 19.6. The van der Waals surface area contributed by atoms with Crippen molar-refractivity contribution in [3.8, 4) is 27.9 Å². The molecule has 326 valence electrons. The molecule has 0 atom stereocenters. The summed E-state index contributed by atoms with van der Waals surface area (Å²) in [5.41, 5.74) is 20.5. The smallest absolute Gasteiger partial charge is 0.253 e. The second-order valence-corrected chi connectivity index (χ2v) is 20.7. The van der Waals surface area contributed by atoms with Crippen molar-refractivity contribution >= 4 is 111 Å². The molecule has 12 aromatic rings. The van der Waals surface area contributed by atoms with E-state index in [4.69, 9.17) is 0 Å². The summed E-state index contributed by atoms with van der Waals surface area (Å²) in [5, 5.41) is 5.16.